The van der Waals surface area contributed by atoms with Gasteiger partial charge in [0.15, 0.2) is 0 Å². The van der Waals surface area contributed by atoms with Crippen LogP contribution in [0.5, 0.6) is 0 Å². The summed E-state index contributed by atoms with van der Waals surface area (Å²) in [5.74, 6) is 0. The molecule has 84 heavy (non-hydrogen) atoms. The molecule has 0 aliphatic heterocycles. The third kappa shape index (κ3) is 17.7. The summed E-state index contributed by atoms with van der Waals surface area (Å²) in [5.41, 5.74) is 15.5. The van der Waals surface area contributed by atoms with Gasteiger partial charge in [0, 0.05) is 0 Å². The molecule has 0 heterocycles. The van der Waals surface area contributed by atoms with Gasteiger partial charge >= 0.3 is 142 Å². The number of halogens is 2. The van der Waals surface area contributed by atoms with E-state index in [0.29, 0.717) is 0 Å². The molecule has 0 aliphatic rings. The maximum Gasteiger partial charge on any atom is -0.0279 e. The Morgan fingerprint density at radius 1 is 0.250 bits per heavy atom. The topological polar surface area (TPSA) is 0 Å². The summed E-state index contributed by atoms with van der Waals surface area (Å²) in [6, 6.07) is 108. The maximum absolute atomic E-state index is 2.35. The van der Waals surface area contributed by atoms with E-state index in [2.05, 4.69) is 344 Å². The fourth-order valence-electron chi connectivity index (χ4n) is 10.4. The minimum absolute atomic E-state index is 0. The summed E-state index contributed by atoms with van der Waals surface area (Å²) in [7, 11) is 0. The molecule has 0 N–H and O–H groups in total. The predicted octanol–water partition coefficient (Wildman–Crippen LogP) is 14.3. The van der Waals surface area contributed by atoms with Crippen LogP contribution in [0, 0.1) is 27.7 Å². The van der Waals surface area contributed by atoms with E-state index in [1.54, 1.807) is 57.0 Å². The molecule has 0 radical (unpaired) electrons. The Morgan fingerprint density at radius 3 is 0.619 bits per heavy atom. The fourth-order valence-corrected chi connectivity index (χ4v) is 14.2. The van der Waals surface area contributed by atoms with E-state index in [0.717, 1.165) is 0 Å². The molecule has 0 fully saturated rings. The molecule has 0 saturated carbocycles. The molecule has 0 amide bonds. The first-order valence-corrected chi connectivity index (χ1v) is 39.4. The third-order valence-corrected chi connectivity index (χ3v) is 21.0. The maximum atomic E-state index is 2.35. The van der Waals surface area contributed by atoms with E-state index in [-0.39, 0.29) is 35.7 Å². The quantitative estimate of drug-likeness (QED) is 0.115. The van der Waals surface area contributed by atoms with Gasteiger partial charge in [0.2, 0.25) is 0 Å². The van der Waals surface area contributed by atoms with Gasteiger partial charge in [0.1, 0.15) is 0 Å². The van der Waals surface area contributed by atoms with Crippen molar-refractivity contribution in [2.24, 2.45) is 0 Å². The third-order valence-electron chi connectivity index (χ3n) is 14.3. The molecule has 0 atom stereocenters. The van der Waals surface area contributed by atoms with Crippen molar-refractivity contribution in [3.8, 4) is 44.5 Å². The molecule has 14 aromatic carbocycles. The number of benzene rings is 10. The van der Waals surface area contributed by atoms with Crippen molar-refractivity contribution in [3.05, 3.63) is 326 Å². The van der Waals surface area contributed by atoms with Crippen molar-refractivity contribution in [2.75, 3.05) is 0 Å². The molecule has 0 saturated heterocycles. The number of hydrogen-bond acceptors (Lipinski definition) is 0. The van der Waals surface area contributed by atoms with Crippen LogP contribution >= 0.6 is 0 Å². The average molecular weight is 1310 g/mol. The Balaban J connectivity index is 0.000000146. The van der Waals surface area contributed by atoms with E-state index >= 15 is 0 Å². The molecule has 0 spiro atoms. The van der Waals surface area contributed by atoms with Gasteiger partial charge in [-0.05, 0) is 22.3 Å². The normalized spacial score (nSPS) is 10.2. The van der Waals surface area contributed by atoms with Gasteiger partial charge in [-0.3, -0.25) is 0 Å². The molecule has 0 unspecified atom stereocenters. The summed E-state index contributed by atoms with van der Waals surface area (Å²) in [6.07, 6.45) is 0. The molecular weight excluding hydrogens is 1250 g/mol. The molecule has 0 bridgehead atoms. The molecule has 412 valence electrons. The Morgan fingerprint density at radius 2 is 0.440 bits per heavy atom. The van der Waals surface area contributed by atoms with Crippen LogP contribution in [0.2, 0.25) is 13.1 Å². The summed E-state index contributed by atoms with van der Waals surface area (Å²) in [5, 5.41) is 13.9. The zero-order chi connectivity index (χ0) is 57.2. The summed E-state index contributed by atoms with van der Waals surface area (Å²) in [4.78, 5) is 0. The van der Waals surface area contributed by atoms with E-state index in [1.165, 1.54) is 110 Å². The Labute approximate surface area is 541 Å². The van der Waals surface area contributed by atoms with Crippen LogP contribution in [0.15, 0.2) is 303 Å². The first-order chi connectivity index (χ1) is 40.0. The van der Waals surface area contributed by atoms with Crippen molar-refractivity contribution in [3.63, 3.8) is 0 Å². The zero-order valence-corrected chi connectivity index (χ0v) is 57.1. The van der Waals surface area contributed by atoms with Crippen molar-refractivity contribution in [2.45, 2.75) is 40.8 Å². The van der Waals surface area contributed by atoms with Gasteiger partial charge in [-0.2, -0.15) is 24.3 Å². The van der Waals surface area contributed by atoms with Crippen molar-refractivity contribution >= 4 is 64.3 Å². The zero-order valence-electron chi connectivity index (χ0n) is 48.6. The van der Waals surface area contributed by atoms with Crippen LogP contribution in [0.3, 0.4) is 0 Å². The summed E-state index contributed by atoms with van der Waals surface area (Å²) < 4.78 is 0. The van der Waals surface area contributed by atoms with Crippen molar-refractivity contribution in [1.29, 1.82) is 0 Å². The molecule has 14 rings (SSSR count). The van der Waals surface area contributed by atoms with Crippen LogP contribution in [0.1, 0.15) is 22.3 Å². The molecule has 0 aromatic heterocycles. The van der Waals surface area contributed by atoms with Crippen molar-refractivity contribution in [1.82, 2.24) is 0 Å². The Kier molecular flexibility index (Phi) is 25.2. The number of fused-ring (bicyclic) bond motifs is 4. The summed E-state index contributed by atoms with van der Waals surface area (Å²) in [6.45, 7) is 13.3. The molecular formula is C78H68Cl2Si2Zr2-2. The van der Waals surface area contributed by atoms with E-state index < -0.39 is 0 Å². The largest absolute Gasteiger partial charge is 1.00 e. The molecule has 6 heteroatoms. The summed E-state index contributed by atoms with van der Waals surface area (Å²) >= 11 is 3.38. The van der Waals surface area contributed by atoms with Crippen LogP contribution in [-0.2, 0) is 46.7 Å². The fraction of sp³-hybridized carbons (Fsp3) is 0.0769. The van der Waals surface area contributed by atoms with Gasteiger partial charge in [-0.15, -0.1) is 138 Å². The number of hydrogen-bond donors (Lipinski definition) is 0. The first-order valence-electron chi connectivity index (χ1n) is 28.1. The van der Waals surface area contributed by atoms with Gasteiger partial charge in [0.25, 0.3) is 0 Å². The predicted molar refractivity (Wildman–Crippen MR) is 354 cm³/mol. The van der Waals surface area contributed by atoms with Gasteiger partial charge in [0.05, 0.1) is 0 Å². The van der Waals surface area contributed by atoms with Crippen LogP contribution < -0.4 is 35.2 Å². The second-order valence-corrected chi connectivity index (χ2v) is 35.5. The average Bonchev–Trinajstić information content (AvgIpc) is 4.33. The van der Waals surface area contributed by atoms with Gasteiger partial charge < -0.3 is 24.8 Å². The molecule has 14 aromatic rings. The van der Waals surface area contributed by atoms with Crippen LogP contribution in [0.25, 0.3) is 87.6 Å². The second-order valence-electron chi connectivity index (χ2n) is 20.8. The number of rotatable bonds is 6. The van der Waals surface area contributed by atoms with E-state index in [9.17, 15) is 0 Å². The Bertz CT molecular complexity index is 3780. The van der Waals surface area contributed by atoms with Crippen molar-refractivity contribution < 1.29 is 71.5 Å². The standard InChI is InChI=1S/4C16H13.2C7H8Si.2ClH.2Zr/c4*1-12-10-14-8-5-9-15(16(14)11-12)13-6-3-2-4-7-13;2*1-8-7-5-3-2-4-6-7;;;;/h4*2-11H,1H3;2*2-6H,1H3;2*1H;;/q4*-1;;;;;2*+2/p-2. The Hall–Kier alpha value is -6.58. The molecule has 0 aliphatic carbocycles. The van der Waals surface area contributed by atoms with Gasteiger partial charge in [-0.25, -0.2) is 0 Å². The van der Waals surface area contributed by atoms with Crippen LogP contribution in [0.4, 0.5) is 0 Å². The van der Waals surface area contributed by atoms with Gasteiger partial charge in [-0.1, -0.05) is 196 Å². The minimum Gasteiger partial charge on any atom is -1.00 e. The second kappa shape index (κ2) is 32.6. The van der Waals surface area contributed by atoms with E-state index in [1.807, 2.05) is 0 Å². The SMILES string of the molecule is C[Si](=[Zr+2])c1ccccc1.C[Si](=[Zr+2])c1ccccc1.Cc1cc2c(-c3ccccc3)cccc2[cH-]1.Cc1cc2c(-c3ccccc3)cccc2[cH-]1.Cc1cc2c(-c3ccccc3)cccc2[cH-]1.Cc1cc2c(-c3ccccc3)cccc2[cH-]1.[Cl-].[Cl-]. The first kappa shape index (κ1) is 65.0. The minimum atomic E-state index is -0.122. The monoisotopic (exact) mass is 1310 g/mol. The smallest absolute Gasteiger partial charge is 0.0279 e. The van der Waals surface area contributed by atoms with Crippen LogP contribution in [-0.4, -0.2) is 10.9 Å². The van der Waals surface area contributed by atoms with E-state index in [4.69, 9.17) is 0 Å². The molecule has 0 nitrogen and oxygen atoms in total. The number of aryl methyl sites for hydroxylation is 4.